The van der Waals surface area contributed by atoms with E-state index in [0.717, 1.165) is 6.54 Å². The van der Waals surface area contributed by atoms with Crippen LogP contribution in [0.2, 0.25) is 0 Å². The van der Waals surface area contributed by atoms with E-state index in [1.165, 1.54) is 23.2 Å². The van der Waals surface area contributed by atoms with Crippen LogP contribution in [0, 0.1) is 19.3 Å². The van der Waals surface area contributed by atoms with Gasteiger partial charge in [-0.3, -0.25) is 0 Å². The maximum Gasteiger partial charge on any atom is 0.0372 e. The minimum atomic E-state index is 0.407. The topological polar surface area (TPSA) is 12.0 Å². The van der Waals surface area contributed by atoms with Gasteiger partial charge >= 0.3 is 0 Å². The highest BCUT2D eigenvalue weighted by atomic mass is 14.9. The Balaban J connectivity index is 2.54. The van der Waals surface area contributed by atoms with Gasteiger partial charge in [0.2, 0.25) is 0 Å². The maximum absolute atomic E-state index is 3.51. The lowest BCUT2D eigenvalue weighted by atomic mass is 9.92. The van der Waals surface area contributed by atoms with Crippen molar-refractivity contribution < 1.29 is 0 Å². The minimum absolute atomic E-state index is 0.407. The predicted octanol–water partition coefficient (Wildman–Crippen LogP) is 4.15. The molecule has 1 aromatic carbocycles. The van der Waals surface area contributed by atoms with Crippen molar-refractivity contribution in [2.24, 2.45) is 5.41 Å². The second-order valence-electron chi connectivity index (χ2n) is 5.56. The summed E-state index contributed by atoms with van der Waals surface area (Å²) in [5.74, 6) is 0. The number of benzene rings is 1. The van der Waals surface area contributed by atoms with Gasteiger partial charge in [-0.05, 0) is 42.9 Å². The Morgan fingerprint density at radius 3 is 2.40 bits per heavy atom. The van der Waals surface area contributed by atoms with Crippen LogP contribution in [0.1, 0.15) is 38.3 Å². The summed E-state index contributed by atoms with van der Waals surface area (Å²) in [4.78, 5) is 0. The lowest BCUT2D eigenvalue weighted by Crippen LogP contribution is -2.13. The molecule has 84 valence electrons. The summed E-state index contributed by atoms with van der Waals surface area (Å²) in [7, 11) is 0. The Bertz CT molecular complexity index is 321. The van der Waals surface area contributed by atoms with Crippen molar-refractivity contribution in [3.05, 3.63) is 29.3 Å². The largest absolute Gasteiger partial charge is 0.385 e. The average molecular weight is 205 g/mol. The molecule has 0 bridgehead atoms. The average Bonchev–Trinajstić information content (AvgIpc) is 2.09. The molecule has 1 rings (SSSR count). The molecular formula is C14H23N. The van der Waals surface area contributed by atoms with Crippen molar-refractivity contribution >= 4 is 5.69 Å². The highest BCUT2D eigenvalue weighted by molar-refractivity contribution is 5.52. The normalized spacial score (nSPS) is 11.5. The summed E-state index contributed by atoms with van der Waals surface area (Å²) >= 11 is 0. The Kier molecular flexibility index (Phi) is 3.78. The van der Waals surface area contributed by atoms with Gasteiger partial charge in [-0.15, -0.1) is 0 Å². The van der Waals surface area contributed by atoms with Crippen LogP contribution in [0.4, 0.5) is 5.69 Å². The number of rotatable bonds is 3. The van der Waals surface area contributed by atoms with Gasteiger partial charge in [-0.25, -0.2) is 0 Å². The number of hydrogen-bond acceptors (Lipinski definition) is 1. The lowest BCUT2D eigenvalue weighted by Gasteiger charge is -2.19. The third-order valence-corrected chi connectivity index (χ3v) is 2.58. The maximum atomic E-state index is 3.51. The molecule has 1 aromatic rings. The Morgan fingerprint density at radius 2 is 1.80 bits per heavy atom. The summed E-state index contributed by atoms with van der Waals surface area (Å²) in [5, 5.41) is 3.51. The first kappa shape index (κ1) is 12.1. The van der Waals surface area contributed by atoms with Crippen molar-refractivity contribution in [3.8, 4) is 0 Å². The fourth-order valence-electron chi connectivity index (χ4n) is 1.50. The first-order valence-electron chi connectivity index (χ1n) is 5.70. The van der Waals surface area contributed by atoms with Crippen LogP contribution >= 0.6 is 0 Å². The van der Waals surface area contributed by atoms with E-state index in [1.54, 1.807) is 0 Å². The van der Waals surface area contributed by atoms with E-state index in [1.807, 2.05) is 0 Å². The molecule has 1 N–H and O–H groups in total. The number of nitrogens with one attached hydrogen (secondary N) is 1. The molecule has 0 heterocycles. The van der Waals surface area contributed by atoms with Gasteiger partial charge in [-0.2, -0.15) is 0 Å². The van der Waals surface area contributed by atoms with E-state index in [9.17, 15) is 0 Å². The number of aryl methyl sites for hydroxylation is 2. The molecule has 0 saturated heterocycles. The molecule has 1 heteroatoms. The van der Waals surface area contributed by atoms with Gasteiger partial charge < -0.3 is 5.32 Å². The lowest BCUT2D eigenvalue weighted by molar-refractivity contribution is 0.390. The van der Waals surface area contributed by atoms with Crippen LogP contribution in [0.3, 0.4) is 0 Å². The van der Waals surface area contributed by atoms with Crippen LogP contribution in [0.5, 0.6) is 0 Å². The molecular weight excluding hydrogens is 182 g/mol. The Hall–Kier alpha value is -0.980. The quantitative estimate of drug-likeness (QED) is 0.781. The SMILES string of the molecule is Cc1ccc(C)c(NCCC(C)(C)C)c1. The third kappa shape index (κ3) is 4.37. The van der Waals surface area contributed by atoms with Crippen molar-refractivity contribution in [3.63, 3.8) is 0 Å². The van der Waals surface area contributed by atoms with Gasteiger partial charge in [0, 0.05) is 12.2 Å². The van der Waals surface area contributed by atoms with E-state index in [4.69, 9.17) is 0 Å². The zero-order valence-electron chi connectivity index (χ0n) is 10.6. The van der Waals surface area contributed by atoms with Crippen LogP contribution in [0.25, 0.3) is 0 Å². The van der Waals surface area contributed by atoms with Gasteiger partial charge in [-0.1, -0.05) is 32.9 Å². The molecule has 0 fully saturated rings. The fraction of sp³-hybridized carbons (Fsp3) is 0.571. The third-order valence-electron chi connectivity index (χ3n) is 2.58. The first-order valence-corrected chi connectivity index (χ1v) is 5.70. The zero-order valence-corrected chi connectivity index (χ0v) is 10.6. The molecule has 0 amide bonds. The van der Waals surface area contributed by atoms with Crippen LogP contribution in [-0.4, -0.2) is 6.54 Å². The predicted molar refractivity (Wildman–Crippen MR) is 68.5 cm³/mol. The molecule has 0 spiro atoms. The Morgan fingerprint density at radius 1 is 1.13 bits per heavy atom. The van der Waals surface area contributed by atoms with Crippen molar-refractivity contribution in [1.82, 2.24) is 0 Å². The summed E-state index contributed by atoms with van der Waals surface area (Å²) in [6, 6.07) is 6.55. The fourth-order valence-corrected chi connectivity index (χ4v) is 1.50. The van der Waals surface area contributed by atoms with Gasteiger partial charge in [0.15, 0.2) is 0 Å². The molecule has 0 aliphatic carbocycles. The number of hydrogen-bond donors (Lipinski definition) is 1. The van der Waals surface area contributed by atoms with Crippen LogP contribution in [-0.2, 0) is 0 Å². The van der Waals surface area contributed by atoms with Crippen LogP contribution in [0.15, 0.2) is 18.2 Å². The summed E-state index contributed by atoms with van der Waals surface area (Å²) < 4.78 is 0. The van der Waals surface area contributed by atoms with E-state index >= 15 is 0 Å². The van der Waals surface area contributed by atoms with E-state index < -0.39 is 0 Å². The van der Waals surface area contributed by atoms with Gasteiger partial charge in [0.05, 0.1) is 0 Å². The van der Waals surface area contributed by atoms with Crippen LogP contribution < -0.4 is 5.32 Å². The second-order valence-corrected chi connectivity index (χ2v) is 5.56. The molecule has 0 aliphatic heterocycles. The molecule has 0 unspecified atom stereocenters. The van der Waals surface area contributed by atoms with E-state index in [-0.39, 0.29) is 0 Å². The molecule has 0 aromatic heterocycles. The molecule has 0 radical (unpaired) electrons. The molecule has 0 aliphatic rings. The minimum Gasteiger partial charge on any atom is -0.385 e. The smallest absolute Gasteiger partial charge is 0.0372 e. The van der Waals surface area contributed by atoms with Crippen molar-refractivity contribution in [1.29, 1.82) is 0 Å². The highest BCUT2D eigenvalue weighted by Gasteiger charge is 2.09. The Labute approximate surface area is 93.9 Å². The summed E-state index contributed by atoms with van der Waals surface area (Å²) in [5.41, 5.74) is 4.33. The molecule has 0 saturated carbocycles. The standard InChI is InChI=1S/C14H23N/c1-11-6-7-12(2)13(10-11)15-9-8-14(3,4)5/h6-7,10,15H,8-9H2,1-5H3. The first-order chi connectivity index (χ1) is 6.88. The molecule has 0 atom stereocenters. The monoisotopic (exact) mass is 205 g/mol. The molecule has 15 heavy (non-hydrogen) atoms. The number of anilines is 1. The van der Waals surface area contributed by atoms with Crippen molar-refractivity contribution in [2.45, 2.75) is 41.0 Å². The van der Waals surface area contributed by atoms with Crippen molar-refractivity contribution in [2.75, 3.05) is 11.9 Å². The molecule has 1 nitrogen and oxygen atoms in total. The second kappa shape index (κ2) is 4.69. The summed E-state index contributed by atoms with van der Waals surface area (Å²) in [6.07, 6.45) is 1.19. The van der Waals surface area contributed by atoms with Gasteiger partial charge in [0.1, 0.15) is 0 Å². The van der Waals surface area contributed by atoms with E-state index in [0.29, 0.717) is 5.41 Å². The van der Waals surface area contributed by atoms with E-state index in [2.05, 4.69) is 58.1 Å². The highest BCUT2D eigenvalue weighted by Crippen LogP contribution is 2.20. The zero-order chi connectivity index (χ0) is 11.5. The summed E-state index contributed by atoms with van der Waals surface area (Å²) in [6.45, 7) is 12.2. The van der Waals surface area contributed by atoms with Gasteiger partial charge in [0.25, 0.3) is 0 Å².